The summed E-state index contributed by atoms with van der Waals surface area (Å²) in [6.07, 6.45) is -0.578. The Hall–Kier alpha value is -4.36. The van der Waals surface area contributed by atoms with E-state index in [4.69, 9.17) is 9.47 Å². The third kappa shape index (κ3) is 7.54. The highest BCUT2D eigenvalue weighted by atomic mass is 32.2. The fraction of sp³-hybridized carbons (Fsp3) is 0.333. The van der Waals surface area contributed by atoms with Crippen molar-refractivity contribution < 1.29 is 37.0 Å². The molecule has 3 amide bonds. The van der Waals surface area contributed by atoms with Crippen LogP contribution < -0.4 is 19.5 Å². The molecule has 3 aromatic carbocycles. The van der Waals surface area contributed by atoms with Gasteiger partial charge in [0.2, 0.25) is 0 Å². The van der Waals surface area contributed by atoms with Gasteiger partial charge in [0, 0.05) is 30.9 Å². The molecule has 3 atom stereocenters. The monoisotopic (exact) mass is 614 g/mol. The Bertz CT molecular complexity index is 1550. The average molecular weight is 615 g/mol. The fourth-order valence-electron chi connectivity index (χ4n) is 4.58. The molecule has 0 aromatic heterocycles. The van der Waals surface area contributed by atoms with Gasteiger partial charge < -0.3 is 29.7 Å². The molecule has 0 unspecified atom stereocenters. The minimum atomic E-state index is -3.99. The number of anilines is 2. The van der Waals surface area contributed by atoms with Crippen molar-refractivity contribution in [1.82, 2.24) is 9.80 Å². The molecule has 0 saturated carbocycles. The number of carbonyl (C=O) groups is 2. The van der Waals surface area contributed by atoms with Crippen LogP contribution in [-0.2, 0) is 10.0 Å². The molecule has 3 N–H and O–H groups in total. The molecular formula is C30H35FN4O7S. The predicted octanol–water partition coefficient (Wildman–Crippen LogP) is 4.02. The number of carbonyl (C=O) groups excluding carboxylic acids is 2. The lowest BCUT2D eigenvalue weighted by atomic mass is 9.99. The highest BCUT2D eigenvalue weighted by Crippen LogP contribution is 2.31. The van der Waals surface area contributed by atoms with Crippen molar-refractivity contribution in [3.63, 3.8) is 0 Å². The van der Waals surface area contributed by atoms with E-state index in [1.165, 1.54) is 83.6 Å². The normalized spacial score (nSPS) is 17.5. The van der Waals surface area contributed by atoms with Crippen LogP contribution in [0.5, 0.6) is 11.5 Å². The largest absolute Gasteiger partial charge is 0.497 e. The molecule has 0 spiro atoms. The number of nitrogens with one attached hydrogen (secondary N) is 2. The summed E-state index contributed by atoms with van der Waals surface area (Å²) < 4.78 is 53.2. The Kier molecular flexibility index (Phi) is 9.77. The van der Waals surface area contributed by atoms with Gasteiger partial charge >= 0.3 is 6.03 Å². The Labute approximate surface area is 250 Å². The SMILES string of the molecule is COc1ccc(S(=O)(=O)Nc2ccc3c(c2)C(=O)N([C@@H](C)CO)C[C@@H](C)[C@@H](CN(C)C(=O)Nc2ccc(F)cc2)O3)cc1. The van der Waals surface area contributed by atoms with Crippen LogP contribution in [0.1, 0.15) is 24.2 Å². The molecule has 1 aliphatic heterocycles. The first-order valence-electron chi connectivity index (χ1n) is 13.6. The first-order chi connectivity index (χ1) is 20.4. The molecule has 0 saturated heterocycles. The zero-order valence-electron chi connectivity index (χ0n) is 24.3. The van der Waals surface area contributed by atoms with Gasteiger partial charge in [-0.15, -0.1) is 0 Å². The number of likely N-dealkylation sites (N-methyl/N-ethyl adjacent to an activating group) is 1. The first-order valence-corrected chi connectivity index (χ1v) is 15.1. The zero-order chi connectivity index (χ0) is 31.3. The van der Waals surface area contributed by atoms with Crippen molar-refractivity contribution in [2.75, 3.05) is 43.9 Å². The van der Waals surface area contributed by atoms with Gasteiger partial charge in [-0.25, -0.2) is 17.6 Å². The van der Waals surface area contributed by atoms with E-state index in [2.05, 4.69) is 10.0 Å². The van der Waals surface area contributed by atoms with Gasteiger partial charge in [0.1, 0.15) is 23.4 Å². The number of methoxy groups -OCH3 is 1. The lowest BCUT2D eigenvalue weighted by Gasteiger charge is -2.38. The molecule has 0 radical (unpaired) electrons. The smallest absolute Gasteiger partial charge is 0.321 e. The Morgan fingerprint density at radius 1 is 1.14 bits per heavy atom. The number of aliphatic hydroxyl groups excluding tert-OH is 1. The molecule has 0 fully saturated rings. The molecular weight excluding hydrogens is 579 g/mol. The van der Waals surface area contributed by atoms with Crippen LogP contribution in [0.25, 0.3) is 0 Å². The minimum absolute atomic E-state index is 0.00832. The molecule has 13 heteroatoms. The van der Waals surface area contributed by atoms with Gasteiger partial charge in [-0.1, -0.05) is 6.92 Å². The summed E-state index contributed by atoms with van der Waals surface area (Å²) >= 11 is 0. The summed E-state index contributed by atoms with van der Waals surface area (Å²) in [7, 11) is -0.923. The topological polar surface area (TPSA) is 138 Å². The quantitative estimate of drug-likeness (QED) is 0.331. The van der Waals surface area contributed by atoms with Crippen molar-refractivity contribution in [2.45, 2.75) is 30.9 Å². The maximum absolute atomic E-state index is 13.7. The van der Waals surface area contributed by atoms with Crippen molar-refractivity contribution in [3.8, 4) is 11.5 Å². The van der Waals surface area contributed by atoms with E-state index < -0.39 is 39.9 Å². The van der Waals surface area contributed by atoms with Crippen molar-refractivity contribution in [2.24, 2.45) is 5.92 Å². The van der Waals surface area contributed by atoms with Crippen molar-refractivity contribution in [3.05, 3.63) is 78.1 Å². The highest BCUT2D eigenvalue weighted by Gasteiger charge is 2.34. The van der Waals surface area contributed by atoms with E-state index in [-0.39, 0.29) is 47.5 Å². The molecule has 3 aromatic rings. The Morgan fingerprint density at radius 3 is 2.42 bits per heavy atom. The van der Waals surface area contributed by atoms with Crippen LogP contribution in [0.4, 0.5) is 20.6 Å². The molecule has 11 nitrogen and oxygen atoms in total. The molecule has 0 bridgehead atoms. The number of hydrogen-bond donors (Lipinski definition) is 3. The number of fused-ring (bicyclic) bond motifs is 1. The lowest BCUT2D eigenvalue weighted by Crippen LogP contribution is -2.50. The van der Waals surface area contributed by atoms with Crippen LogP contribution in [-0.4, -0.2) is 81.3 Å². The number of aliphatic hydroxyl groups is 1. The van der Waals surface area contributed by atoms with Crippen molar-refractivity contribution >= 4 is 33.3 Å². The number of sulfonamides is 1. The Balaban J connectivity index is 1.60. The first kappa shape index (κ1) is 31.6. The van der Waals surface area contributed by atoms with E-state index in [1.807, 2.05) is 6.92 Å². The van der Waals surface area contributed by atoms with Crippen LogP contribution >= 0.6 is 0 Å². The van der Waals surface area contributed by atoms with Gasteiger partial charge in [-0.3, -0.25) is 9.52 Å². The summed E-state index contributed by atoms with van der Waals surface area (Å²) in [6, 6.07) is 14.7. The minimum Gasteiger partial charge on any atom is -0.497 e. The van der Waals surface area contributed by atoms with Crippen LogP contribution in [0.2, 0.25) is 0 Å². The highest BCUT2D eigenvalue weighted by molar-refractivity contribution is 7.92. The van der Waals surface area contributed by atoms with Gasteiger partial charge in [0.15, 0.2) is 0 Å². The maximum atomic E-state index is 13.7. The van der Waals surface area contributed by atoms with E-state index in [1.54, 1.807) is 14.0 Å². The second-order valence-corrected chi connectivity index (χ2v) is 12.1. The van der Waals surface area contributed by atoms with Crippen molar-refractivity contribution in [1.29, 1.82) is 0 Å². The summed E-state index contributed by atoms with van der Waals surface area (Å²) in [4.78, 5) is 29.5. The Morgan fingerprint density at radius 2 is 1.79 bits per heavy atom. The molecule has 43 heavy (non-hydrogen) atoms. The zero-order valence-corrected chi connectivity index (χ0v) is 25.1. The predicted molar refractivity (Wildman–Crippen MR) is 159 cm³/mol. The summed E-state index contributed by atoms with van der Waals surface area (Å²) in [5.74, 6) is -0.412. The lowest BCUT2D eigenvalue weighted by molar-refractivity contribution is 0.0371. The third-order valence-electron chi connectivity index (χ3n) is 7.18. The van der Waals surface area contributed by atoms with Crippen LogP contribution in [0.3, 0.4) is 0 Å². The summed E-state index contributed by atoms with van der Waals surface area (Å²) in [6.45, 7) is 3.64. The number of hydrogen-bond acceptors (Lipinski definition) is 7. The number of ether oxygens (including phenoxy) is 2. The van der Waals surface area contributed by atoms with Gasteiger partial charge in [0.05, 0.1) is 36.8 Å². The van der Waals surface area contributed by atoms with E-state index in [0.717, 1.165) is 0 Å². The summed E-state index contributed by atoms with van der Waals surface area (Å²) in [5, 5.41) is 12.6. The van der Waals surface area contributed by atoms with E-state index in [0.29, 0.717) is 11.4 Å². The maximum Gasteiger partial charge on any atom is 0.321 e. The second-order valence-electron chi connectivity index (χ2n) is 10.4. The standard InChI is InChI=1S/C30H35FN4O7S/c1-19-16-35(20(2)18-36)29(37)26-15-23(33-43(39,40)25-12-10-24(41-4)11-13-25)9-14-27(26)42-28(19)17-34(3)30(38)32-22-7-5-21(31)6-8-22/h5-15,19-20,28,33,36H,16-18H2,1-4H3,(H,32,38)/t19-,20+,28-/m1/s1. The van der Waals surface area contributed by atoms with Gasteiger partial charge in [-0.2, -0.15) is 0 Å². The van der Waals surface area contributed by atoms with Crippen LogP contribution in [0.15, 0.2) is 71.6 Å². The molecule has 1 aliphatic rings. The van der Waals surface area contributed by atoms with Gasteiger partial charge in [0.25, 0.3) is 15.9 Å². The van der Waals surface area contributed by atoms with Crippen LogP contribution in [0, 0.1) is 11.7 Å². The molecule has 230 valence electrons. The molecule has 0 aliphatic carbocycles. The number of nitrogens with zero attached hydrogens (tertiary/aromatic N) is 2. The van der Waals surface area contributed by atoms with E-state index in [9.17, 15) is 27.5 Å². The average Bonchev–Trinajstić information content (AvgIpc) is 2.99. The number of rotatable bonds is 9. The summed E-state index contributed by atoms with van der Waals surface area (Å²) in [5.41, 5.74) is 0.669. The number of urea groups is 1. The molecule has 4 rings (SSSR count). The number of amides is 3. The fourth-order valence-corrected chi connectivity index (χ4v) is 5.63. The second kappa shape index (κ2) is 13.3. The number of benzene rings is 3. The van der Waals surface area contributed by atoms with E-state index >= 15 is 0 Å². The third-order valence-corrected chi connectivity index (χ3v) is 8.58. The van der Waals surface area contributed by atoms with Gasteiger partial charge in [-0.05, 0) is 73.7 Å². The molecule has 1 heterocycles. The number of halogens is 1.